The van der Waals surface area contributed by atoms with Crippen LogP contribution in [0.15, 0.2) is 17.8 Å². The van der Waals surface area contributed by atoms with E-state index in [-0.39, 0.29) is 24.4 Å². The van der Waals surface area contributed by atoms with Crippen molar-refractivity contribution in [2.75, 3.05) is 31.1 Å². The minimum atomic E-state index is 0. The van der Waals surface area contributed by atoms with Gasteiger partial charge in [0.25, 0.3) is 0 Å². The molecule has 2 N–H and O–H groups in total. The molecule has 8 heteroatoms. The molecule has 0 aromatic carbocycles. The van der Waals surface area contributed by atoms with E-state index in [1.807, 2.05) is 0 Å². The number of fused-ring (bicyclic) bond motifs is 1. The Morgan fingerprint density at radius 3 is 2.78 bits per heavy atom. The van der Waals surface area contributed by atoms with Gasteiger partial charge in [0.1, 0.15) is 17.0 Å². The van der Waals surface area contributed by atoms with Gasteiger partial charge in [-0.05, 0) is 50.0 Å². The van der Waals surface area contributed by atoms with Crippen LogP contribution in [0.4, 0.5) is 5.82 Å². The van der Waals surface area contributed by atoms with Crippen molar-refractivity contribution in [2.45, 2.75) is 38.6 Å². The highest BCUT2D eigenvalue weighted by molar-refractivity contribution is 7.16. The Bertz CT molecular complexity index is 774. The van der Waals surface area contributed by atoms with Gasteiger partial charge in [0.05, 0.1) is 11.3 Å². The van der Waals surface area contributed by atoms with Crippen molar-refractivity contribution in [3.63, 3.8) is 0 Å². The van der Waals surface area contributed by atoms with E-state index in [4.69, 9.17) is 5.73 Å². The van der Waals surface area contributed by atoms with E-state index in [1.165, 1.54) is 0 Å². The topological polar surface area (TPSA) is 75.3 Å². The molecule has 2 atom stereocenters. The highest BCUT2D eigenvalue weighted by Gasteiger charge is 2.32. The number of aromatic nitrogens is 2. The van der Waals surface area contributed by atoms with Gasteiger partial charge in [0.15, 0.2) is 0 Å². The molecule has 0 saturated carbocycles. The summed E-state index contributed by atoms with van der Waals surface area (Å²) in [5.74, 6) is 1.91. The van der Waals surface area contributed by atoms with Crippen LogP contribution in [0.2, 0.25) is 0 Å². The maximum absolute atomic E-state index is 13.1. The number of anilines is 1. The predicted octanol–water partition coefficient (Wildman–Crippen LogP) is 2.92. The van der Waals surface area contributed by atoms with Crippen LogP contribution in [-0.2, 0) is 4.79 Å². The summed E-state index contributed by atoms with van der Waals surface area (Å²) < 4.78 is 0. The Morgan fingerprint density at radius 2 is 2.04 bits per heavy atom. The molecule has 0 bridgehead atoms. The zero-order valence-electron chi connectivity index (χ0n) is 15.7. The zero-order valence-corrected chi connectivity index (χ0v) is 17.3. The molecule has 1 amide bonds. The molecule has 2 aromatic heterocycles. The van der Waals surface area contributed by atoms with Crippen molar-refractivity contribution in [1.29, 1.82) is 0 Å². The fourth-order valence-electron chi connectivity index (χ4n) is 4.30. The minimum absolute atomic E-state index is 0. The zero-order chi connectivity index (χ0) is 18.1. The van der Waals surface area contributed by atoms with Crippen LogP contribution in [0.1, 0.15) is 32.6 Å². The third-order valence-electron chi connectivity index (χ3n) is 5.91. The van der Waals surface area contributed by atoms with Crippen molar-refractivity contribution in [3.05, 3.63) is 17.8 Å². The summed E-state index contributed by atoms with van der Waals surface area (Å²) in [5, 5.41) is 3.15. The third kappa shape index (κ3) is 4.20. The maximum Gasteiger partial charge on any atom is 0.227 e. The van der Waals surface area contributed by atoms with Crippen molar-refractivity contribution < 1.29 is 4.79 Å². The lowest BCUT2D eigenvalue weighted by Gasteiger charge is -2.39. The first-order valence-electron chi connectivity index (χ1n) is 9.61. The summed E-state index contributed by atoms with van der Waals surface area (Å²) >= 11 is 1.63. The molecule has 2 saturated heterocycles. The van der Waals surface area contributed by atoms with Gasteiger partial charge in [-0.3, -0.25) is 4.79 Å². The van der Waals surface area contributed by atoms with Gasteiger partial charge in [0, 0.05) is 32.2 Å². The van der Waals surface area contributed by atoms with Crippen molar-refractivity contribution in [3.8, 4) is 0 Å². The molecular weight excluding hydrogens is 382 g/mol. The van der Waals surface area contributed by atoms with Gasteiger partial charge >= 0.3 is 0 Å². The number of halogens is 1. The fourth-order valence-corrected chi connectivity index (χ4v) is 5.03. The lowest BCUT2D eigenvalue weighted by molar-refractivity contribution is -0.137. The number of amides is 1. The van der Waals surface area contributed by atoms with Crippen LogP contribution in [0, 0.1) is 11.8 Å². The summed E-state index contributed by atoms with van der Waals surface area (Å²) in [5.41, 5.74) is 6.03. The molecule has 27 heavy (non-hydrogen) atoms. The number of nitrogens with zero attached hydrogens (tertiary/aromatic N) is 4. The third-order valence-corrected chi connectivity index (χ3v) is 6.73. The van der Waals surface area contributed by atoms with Gasteiger partial charge in [-0.1, -0.05) is 0 Å². The van der Waals surface area contributed by atoms with Crippen LogP contribution < -0.4 is 10.6 Å². The van der Waals surface area contributed by atoms with E-state index in [9.17, 15) is 4.79 Å². The van der Waals surface area contributed by atoms with Crippen LogP contribution in [-0.4, -0.2) is 53.0 Å². The minimum Gasteiger partial charge on any atom is -0.355 e. The Morgan fingerprint density at radius 1 is 1.26 bits per heavy atom. The molecular formula is C19H28ClN5OS. The average Bonchev–Trinajstić information content (AvgIpc) is 3.16. The number of thiophene rings is 1. The van der Waals surface area contributed by atoms with Gasteiger partial charge in [-0.15, -0.1) is 23.7 Å². The monoisotopic (exact) mass is 409 g/mol. The highest BCUT2D eigenvalue weighted by atomic mass is 35.5. The summed E-state index contributed by atoms with van der Waals surface area (Å²) in [7, 11) is 0. The molecule has 2 aliphatic rings. The smallest absolute Gasteiger partial charge is 0.227 e. The average molecular weight is 410 g/mol. The number of carbonyl (C=O) groups excluding carboxylic acids is 1. The Balaban J connectivity index is 0.00000210. The number of likely N-dealkylation sites (tertiary alicyclic amines) is 1. The Labute approximate surface area is 170 Å². The van der Waals surface area contributed by atoms with E-state index in [0.29, 0.717) is 11.8 Å². The quantitative estimate of drug-likeness (QED) is 0.843. The van der Waals surface area contributed by atoms with Gasteiger partial charge in [-0.2, -0.15) is 0 Å². The number of piperidine rings is 2. The van der Waals surface area contributed by atoms with Crippen LogP contribution >= 0.6 is 23.7 Å². The normalized spacial score (nSPS) is 22.5. The van der Waals surface area contributed by atoms with Crippen molar-refractivity contribution >= 4 is 45.7 Å². The molecule has 2 aromatic rings. The number of hydrogen-bond acceptors (Lipinski definition) is 6. The molecule has 4 heterocycles. The van der Waals surface area contributed by atoms with Crippen LogP contribution in [0.25, 0.3) is 10.2 Å². The molecule has 6 nitrogen and oxygen atoms in total. The second-order valence-corrected chi connectivity index (χ2v) is 8.54. The number of carbonyl (C=O) groups is 1. The van der Waals surface area contributed by atoms with Gasteiger partial charge in [-0.25, -0.2) is 9.97 Å². The van der Waals surface area contributed by atoms with Gasteiger partial charge < -0.3 is 15.5 Å². The van der Waals surface area contributed by atoms with Crippen LogP contribution in [0.3, 0.4) is 0 Å². The van der Waals surface area contributed by atoms with E-state index >= 15 is 0 Å². The second kappa shape index (κ2) is 8.71. The summed E-state index contributed by atoms with van der Waals surface area (Å²) in [6.45, 7) is 5.49. The lowest BCUT2D eigenvalue weighted by Crippen LogP contribution is -2.48. The number of rotatable bonds is 3. The summed E-state index contributed by atoms with van der Waals surface area (Å²) in [4.78, 5) is 27.3. The van der Waals surface area contributed by atoms with E-state index in [0.717, 1.165) is 67.9 Å². The number of nitrogens with two attached hydrogens (primary N) is 1. The molecule has 0 aliphatic carbocycles. The molecule has 0 spiro atoms. The largest absolute Gasteiger partial charge is 0.355 e. The molecule has 2 unspecified atom stereocenters. The van der Waals surface area contributed by atoms with Crippen molar-refractivity contribution in [2.24, 2.45) is 17.6 Å². The highest BCUT2D eigenvalue weighted by Crippen LogP contribution is 2.31. The first kappa shape index (κ1) is 20.3. The van der Waals surface area contributed by atoms with E-state index in [1.54, 1.807) is 17.7 Å². The van der Waals surface area contributed by atoms with E-state index < -0.39 is 0 Å². The first-order chi connectivity index (χ1) is 12.6. The van der Waals surface area contributed by atoms with Crippen molar-refractivity contribution in [1.82, 2.24) is 14.9 Å². The summed E-state index contributed by atoms with van der Waals surface area (Å²) in [6.07, 6.45) is 5.70. The lowest BCUT2D eigenvalue weighted by atomic mass is 9.89. The maximum atomic E-state index is 13.1. The second-order valence-electron chi connectivity index (χ2n) is 7.64. The number of hydrogen-bond donors (Lipinski definition) is 1. The molecule has 2 aliphatic heterocycles. The van der Waals surface area contributed by atoms with Gasteiger partial charge in [0.2, 0.25) is 5.91 Å². The Hall–Kier alpha value is -1.44. The fraction of sp³-hybridized carbons (Fsp3) is 0.632. The molecule has 4 rings (SSSR count). The Kier molecular flexibility index (Phi) is 6.55. The standard InChI is InChI=1S/C19H27N5OS.ClH/c1-13(20)14-4-8-23(9-5-14)19(25)15-3-2-7-24(11-15)17-16-6-10-26-18(16)22-12-21-17;/h6,10,12-15H,2-5,7-9,11,20H2,1H3;1H. The first-order valence-corrected chi connectivity index (χ1v) is 10.5. The molecule has 2 fully saturated rings. The predicted molar refractivity (Wildman–Crippen MR) is 113 cm³/mol. The van der Waals surface area contributed by atoms with Crippen LogP contribution in [0.5, 0.6) is 0 Å². The molecule has 148 valence electrons. The summed E-state index contributed by atoms with van der Waals surface area (Å²) in [6, 6.07) is 2.31. The van der Waals surface area contributed by atoms with E-state index in [2.05, 4.69) is 38.1 Å². The SMILES string of the molecule is CC(N)C1CCN(C(=O)C2CCCN(c3ncnc4sccc34)C2)CC1.Cl. The molecule has 0 radical (unpaired) electrons.